The third kappa shape index (κ3) is 7.18. The highest BCUT2D eigenvalue weighted by atomic mass is 35.5. The van der Waals surface area contributed by atoms with Gasteiger partial charge in [0.25, 0.3) is 0 Å². The van der Waals surface area contributed by atoms with Crippen LogP contribution in [0.1, 0.15) is 52.4 Å². The number of hydrogen-bond acceptors (Lipinski definition) is 3. The normalized spacial score (nSPS) is 21.7. The minimum Gasteiger partial charge on any atom is -0.344 e. The largest absolute Gasteiger partial charge is 0.344 e. The summed E-state index contributed by atoms with van der Waals surface area (Å²) in [5.41, 5.74) is 5.40. The van der Waals surface area contributed by atoms with E-state index in [0.29, 0.717) is 6.04 Å². The lowest BCUT2D eigenvalue weighted by Gasteiger charge is -2.35. The number of halogens is 2. The molecule has 0 spiro atoms. The van der Waals surface area contributed by atoms with Crippen molar-refractivity contribution in [1.29, 1.82) is 0 Å². The molecule has 0 bridgehead atoms. The number of carbonyl (C=O) groups is 1. The molecular weight excluding hydrogens is 309 g/mol. The maximum absolute atomic E-state index is 12.3. The molecular formula is C15H33Cl2N3O. The molecule has 1 heterocycles. The number of nitrogens with zero attached hydrogens (tertiary/aromatic N) is 2. The van der Waals surface area contributed by atoms with E-state index >= 15 is 0 Å². The summed E-state index contributed by atoms with van der Waals surface area (Å²) >= 11 is 0. The van der Waals surface area contributed by atoms with Gasteiger partial charge in [-0.15, -0.1) is 24.8 Å². The summed E-state index contributed by atoms with van der Waals surface area (Å²) in [4.78, 5) is 16.5. The molecule has 0 aromatic rings. The fourth-order valence-electron chi connectivity index (χ4n) is 3.02. The van der Waals surface area contributed by atoms with E-state index in [9.17, 15) is 4.79 Å². The summed E-state index contributed by atoms with van der Waals surface area (Å²) in [5.74, 6) is 0.0767. The Morgan fingerprint density at radius 1 is 1.38 bits per heavy atom. The number of likely N-dealkylation sites (tertiary alicyclic amines) is 1. The highest BCUT2D eigenvalue weighted by molar-refractivity contribution is 5.86. The topological polar surface area (TPSA) is 49.6 Å². The predicted octanol–water partition coefficient (Wildman–Crippen LogP) is 2.68. The quantitative estimate of drug-likeness (QED) is 0.807. The van der Waals surface area contributed by atoms with E-state index in [1.165, 1.54) is 25.8 Å². The molecule has 128 valence electrons. The average molecular weight is 342 g/mol. The maximum Gasteiger partial charge on any atom is 0.242 e. The Kier molecular flexibility index (Phi) is 11.8. The van der Waals surface area contributed by atoms with Crippen LogP contribution in [0, 0.1) is 0 Å². The monoisotopic (exact) mass is 341 g/mol. The van der Waals surface area contributed by atoms with Gasteiger partial charge in [-0.05, 0) is 46.2 Å². The van der Waals surface area contributed by atoms with Crippen molar-refractivity contribution < 1.29 is 4.79 Å². The minimum absolute atomic E-state index is 0. The molecule has 1 rings (SSSR count). The fraction of sp³-hybridized carbons (Fsp3) is 0.933. The van der Waals surface area contributed by atoms with Crippen LogP contribution in [0.2, 0.25) is 0 Å². The number of hydrogen-bond donors (Lipinski definition) is 1. The van der Waals surface area contributed by atoms with Gasteiger partial charge in [0, 0.05) is 19.6 Å². The highest BCUT2D eigenvalue weighted by Gasteiger charge is 2.30. The van der Waals surface area contributed by atoms with E-state index in [1.807, 2.05) is 18.9 Å². The van der Waals surface area contributed by atoms with Crippen LogP contribution in [-0.2, 0) is 4.79 Å². The van der Waals surface area contributed by atoms with Crippen molar-refractivity contribution >= 4 is 30.7 Å². The van der Waals surface area contributed by atoms with Gasteiger partial charge in [-0.2, -0.15) is 0 Å². The molecule has 0 aromatic carbocycles. The number of piperidine rings is 1. The number of rotatable bonds is 6. The van der Waals surface area contributed by atoms with E-state index in [4.69, 9.17) is 5.73 Å². The number of nitrogens with two attached hydrogens (primary N) is 1. The molecule has 1 aliphatic rings. The standard InChI is InChI=1S/C15H31N3O.2ClH/c1-5-10-15(2,16)14(19)18(4)12-9-13-8-6-7-11-17(13)3;;/h13H,5-12,16H2,1-4H3;2*1H. The van der Waals surface area contributed by atoms with E-state index < -0.39 is 5.54 Å². The third-order valence-corrected chi connectivity index (χ3v) is 4.32. The highest BCUT2D eigenvalue weighted by Crippen LogP contribution is 2.19. The fourth-order valence-corrected chi connectivity index (χ4v) is 3.02. The molecule has 0 aliphatic carbocycles. The average Bonchev–Trinajstić information content (AvgIpc) is 2.36. The lowest BCUT2D eigenvalue weighted by molar-refractivity contribution is -0.135. The molecule has 4 nitrogen and oxygen atoms in total. The van der Waals surface area contributed by atoms with Crippen molar-refractivity contribution in [2.24, 2.45) is 5.73 Å². The molecule has 0 radical (unpaired) electrons. The predicted molar refractivity (Wildman–Crippen MR) is 94.5 cm³/mol. The number of carbonyl (C=O) groups excluding carboxylic acids is 1. The van der Waals surface area contributed by atoms with Crippen molar-refractivity contribution in [3.63, 3.8) is 0 Å². The number of likely N-dealkylation sites (N-methyl/N-ethyl adjacent to an activating group) is 1. The Morgan fingerprint density at radius 2 is 2.00 bits per heavy atom. The van der Waals surface area contributed by atoms with Gasteiger partial charge in [0.05, 0.1) is 5.54 Å². The molecule has 2 atom stereocenters. The van der Waals surface area contributed by atoms with Crippen molar-refractivity contribution in [3.05, 3.63) is 0 Å². The Labute approximate surface area is 142 Å². The van der Waals surface area contributed by atoms with E-state index in [0.717, 1.165) is 25.8 Å². The molecule has 1 amide bonds. The summed E-state index contributed by atoms with van der Waals surface area (Å²) in [6, 6.07) is 0.624. The van der Waals surface area contributed by atoms with Crippen molar-refractivity contribution in [2.75, 3.05) is 27.2 Å². The number of amides is 1. The Balaban J connectivity index is 0. The lowest BCUT2D eigenvalue weighted by atomic mass is 9.95. The molecule has 6 heteroatoms. The van der Waals surface area contributed by atoms with Gasteiger partial charge >= 0.3 is 0 Å². The minimum atomic E-state index is -0.706. The second-order valence-corrected chi connectivity index (χ2v) is 6.31. The van der Waals surface area contributed by atoms with Crippen LogP contribution in [0.4, 0.5) is 0 Å². The van der Waals surface area contributed by atoms with Crippen molar-refractivity contribution in [1.82, 2.24) is 9.80 Å². The van der Waals surface area contributed by atoms with Crippen LogP contribution >= 0.6 is 24.8 Å². The van der Waals surface area contributed by atoms with Crippen LogP contribution in [0.15, 0.2) is 0 Å². The first kappa shape index (κ1) is 23.2. The molecule has 2 unspecified atom stereocenters. The van der Waals surface area contributed by atoms with Gasteiger partial charge in [0.1, 0.15) is 0 Å². The maximum atomic E-state index is 12.3. The van der Waals surface area contributed by atoms with Gasteiger partial charge in [-0.3, -0.25) is 4.79 Å². The Bertz CT molecular complexity index is 301. The molecule has 21 heavy (non-hydrogen) atoms. The first-order valence-corrected chi connectivity index (χ1v) is 7.63. The molecule has 0 aromatic heterocycles. The zero-order chi connectivity index (χ0) is 14.5. The Morgan fingerprint density at radius 3 is 2.52 bits per heavy atom. The summed E-state index contributed by atoms with van der Waals surface area (Å²) < 4.78 is 0. The molecule has 1 saturated heterocycles. The molecule has 1 aliphatic heterocycles. The van der Waals surface area contributed by atoms with Crippen LogP contribution in [0.3, 0.4) is 0 Å². The zero-order valence-electron chi connectivity index (χ0n) is 13.9. The molecule has 0 saturated carbocycles. The Hall–Kier alpha value is -0.0300. The smallest absolute Gasteiger partial charge is 0.242 e. The van der Waals surface area contributed by atoms with E-state index in [1.54, 1.807) is 0 Å². The third-order valence-electron chi connectivity index (χ3n) is 4.32. The second kappa shape index (κ2) is 10.7. The summed E-state index contributed by atoms with van der Waals surface area (Å²) in [7, 11) is 4.07. The first-order valence-electron chi connectivity index (χ1n) is 7.63. The lowest BCUT2D eigenvalue weighted by Crippen LogP contribution is -2.52. The zero-order valence-corrected chi connectivity index (χ0v) is 15.6. The van der Waals surface area contributed by atoms with Crippen molar-refractivity contribution in [3.8, 4) is 0 Å². The van der Waals surface area contributed by atoms with Gasteiger partial charge in [-0.1, -0.05) is 19.8 Å². The van der Waals surface area contributed by atoms with Gasteiger partial charge in [0.15, 0.2) is 0 Å². The van der Waals surface area contributed by atoms with Crippen LogP contribution < -0.4 is 5.73 Å². The van der Waals surface area contributed by atoms with E-state index in [2.05, 4.69) is 18.9 Å². The summed E-state index contributed by atoms with van der Waals surface area (Å²) in [6.45, 7) is 5.91. The van der Waals surface area contributed by atoms with Crippen LogP contribution in [0.25, 0.3) is 0 Å². The second-order valence-electron chi connectivity index (χ2n) is 6.31. The summed E-state index contributed by atoms with van der Waals surface area (Å²) in [5, 5.41) is 0. The van der Waals surface area contributed by atoms with Gasteiger partial charge in [-0.25, -0.2) is 0 Å². The van der Waals surface area contributed by atoms with Crippen LogP contribution in [-0.4, -0.2) is 54.5 Å². The summed E-state index contributed by atoms with van der Waals surface area (Å²) in [6.07, 6.45) is 6.63. The van der Waals surface area contributed by atoms with Crippen LogP contribution in [0.5, 0.6) is 0 Å². The molecule has 1 fully saturated rings. The first-order chi connectivity index (χ1) is 8.88. The van der Waals surface area contributed by atoms with Crippen molar-refractivity contribution in [2.45, 2.75) is 64.0 Å². The van der Waals surface area contributed by atoms with Gasteiger partial charge < -0.3 is 15.5 Å². The molecule has 2 N–H and O–H groups in total. The van der Waals surface area contributed by atoms with Gasteiger partial charge in [0.2, 0.25) is 5.91 Å². The van der Waals surface area contributed by atoms with E-state index in [-0.39, 0.29) is 30.7 Å². The SMILES string of the molecule is CCCC(C)(N)C(=O)N(C)CCC1CCCCN1C.Cl.Cl.